The Morgan fingerprint density at radius 3 is 2.15 bits per heavy atom. The van der Waals surface area contributed by atoms with Gasteiger partial charge in [-0.15, -0.1) is 0 Å². The van der Waals surface area contributed by atoms with Crippen LogP contribution in [0.25, 0.3) is 10.4 Å². The second-order valence-electron chi connectivity index (χ2n) is 7.98. The van der Waals surface area contributed by atoms with Gasteiger partial charge in [0.2, 0.25) is 0 Å². The lowest BCUT2D eigenvalue weighted by atomic mass is 9.97. The number of azide groups is 1. The molecule has 0 aromatic heterocycles. The number of carbonyl (C=O) groups excluding carboxylic acids is 2. The molecule has 0 amide bonds. The summed E-state index contributed by atoms with van der Waals surface area (Å²) < 4.78 is 22.1. The number of rotatable bonds is 6. The van der Waals surface area contributed by atoms with Crippen molar-refractivity contribution in [2.24, 2.45) is 5.11 Å². The molecule has 0 aromatic carbocycles. The van der Waals surface area contributed by atoms with Crippen molar-refractivity contribution < 1.29 is 33.3 Å². The fourth-order valence-corrected chi connectivity index (χ4v) is 3.41. The zero-order chi connectivity index (χ0) is 21.0. The van der Waals surface area contributed by atoms with Crippen LogP contribution in [0.2, 0.25) is 18.1 Å². The van der Waals surface area contributed by atoms with E-state index < -0.39 is 50.9 Å². The Morgan fingerprint density at radius 2 is 1.70 bits per heavy atom. The summed E-state index contributed by atoms with van der Waals surface area (Å²) in [5, 5.41) is 13.6. The van der Waals surface area contributed by atoms with Gasteiger partial charge < -0.3 is 23.7 Å². The van der Waals surface area contributed by atoms with E-state index in [0.717, 1.165) is 0 Å². The van der Waals surface area contributed by atoms with Gasteiger partial charge in [-0.1, -0.05) is 25.9 Å². The maximum Gasteiger partial charge on any atom is 0.303 e. The molecule has 10 nitrogen and oxygen atoms in total. The standard InChI is InChI=1S/C16H29N3O7Si/c1-9(20)24-13-11(8-23-27(6,7)16(3,4)5)26-15(22)12(18-19-17)14(13)25-10(2)21/h11-15,22H,8H2,1-7H3/t11?,12?,13-,14-,15+/m1/s1. The highest BCUT2D eigenvalue weighted by Crippen LogP contribution is 2.37. The van der Waals surface area contributed by atoms with Crippen LogP contribution in [0.3, 0.4) is 0 Å². The first kappa shape index (κ1) is 23.4. The molecule has 1 heterocycles. The van der Waals surface area contributed by atoms with Crippen molar-refractivity contribution in [3.63, 3.8) is 0 Å². The number of ether oxygens (including phenoxy) is 3. The lowest BCUT2D eigenvalue weighted by Crippen LogP contribution is -2.61. The van der Waals surface area contributed by atoms with Gasteiger partial charge in [-0.05, 0) is 23.7 Å². The fraction of sp³-hybridized carbons (Fsp3) is 0.875. The zero-order valence-corrected chi connectivity index (χ0v) is 17.8. The molecule has 0 bridgehead atoms. The van der Waals surface area contributed by atoms with E-state index >= 15 is 0 Å². The van der Waals surface area contributed by atoms with Crippen LogP contribution in [0.15, 0.2) is 5.11 Å². The van der Waals surface area contributed by atoms with E-state index in [4.69, 9.17) is 24.2 Å². The summed E-state index contributed by atoms with van der Waals surface area (Å²) in [6, 6.07) is -1.26. The smallest absolute Gasteiger partial charge is 0.303 e. The molecule has 1 saturated heterocycles. The molecule has 1 aliphatic heterocycles. The second-order valence-corrected chi connectivity index (χ2v) is 12.8. The molecule has 11 heteroatoms. The molecule has 0 saturated carbocycles. The normalized spacial score (nSPS) is 28.8. The highest BCUT2D eigenvalue weighted by molar-refractivity contribution is 6.74. The summed E-state index contributed by atoms with van der Waals surface area (Å²) in [5.41, 5.74) is 8.75. The quantitative estimate of drug-likeness (QED) is 0.236. The van der Waals surface area contributed by atoms with Crippen molar-refractivity contribution in [2.75, 3.05) is 6.61 Å². The van der Waals surface area contributed by atoms with Crippen LogP contribution in [0, 0.1) is 0 Å². The lowest BCUT2D eigenvalue weighted by molar-refractivity contribution is -0.258. The molecule has 0 aliphatic carbocycles. The predicted molar refractivity (Wildman–Crippen MR) is 98.1 cm³/mol. The Bertz CT molecular complexity index is 601. The number of carbonyl (C=O) groups is 2. The maximum atomic E-state index is 11.6. The monoisotopic (exact) mass is 403 g/mol. The predicted octanol–water partition coefficient (Wildman–Crippen LogP) is 2.27. The minimum absolute atomic E-state index is 0.0201. The largest absolute Gasteiger partial charge is 0.458 e. The van der Waals surface area contributed by atoms with Crippen LogP contribution in [-0.2, 0) is 28.2 Å². The molecule has 154 valence electrons. The number of hydrogen-bond donors (Lipinski definition) is 1. The molecule has 5 atom stereocenters. The Labute approximate surface area is 159 Å². The molecule has 2 unspecified atom stereocenters. The maximum absolute atomic E-state index is 11.6. The van der Waals surface area contributed by atoms with E-state index in [1.165, 1.54) is 13.8 Å². The lowest BCUT2D eigenvalue weighted by Gasteiger charge is -2.44. The SMILES string of the molecule is CC(=O)O[C@@H]1C(CO[Si](C)(C)C(C)(C)C)O[C@H](O)C(N=[N+]=[N-])[C@H]1OC(C)=O. The van der Waals surface area contributed by atoms with Crippen LogP contribution < -0.4 is 0 Å². The van der Waals surface area contributed by atoms with Gasteiger partial charge in [-0.25, -0.2) is 0 Å². The van der Waals surface area contributed by atoms with Gasteiger partial charge in [-0.2, -0.15) is 0 Å². The first-order valence-corrected chi connectivity index (χ1v) is 11.6. The molecule has 1 N–H and O–H groups in total. The minimum atomic E-state index is -2.16. The third-order valence-electron chi connectivity index (χ3n) is 4.84. The summed E-state index contributed by atoms with van der Waals surface area (Å²) in [6.07, 6.45) is -4.72. The molecule has 1 rings (SSSR count). The van der Waals surface area contributed by atoms with Crippen LogP contribution in [0.4, 0.5) is 0 Å². The molecule has 0 spiro atoms. The van der Waals surface area contributed by atoms with Gasteiger partial charge in [0.25, 0.3) is 0 Å². The Kier molecular flexibility index (Phi) is 7.82. The van der Waals surface area contributed by atoms with Gasteiger partial charge in [0, 0.05) is 18.8 Å². The van der Waals surface area contributed by atoms with E-state index in [2.05, 4.69) is 30.8 Å². The van der Waals surface area contributed by atoms with Crippen LogP contribution >= 0.6 is 0 Å². The first-order valence-electron chi connectivity index (χ1n) is 8.66. The van der Waals surface area contributed by atoms with Crippen molar-refractivity contribution in [3.8, 4) is 0 Å². The van der Waals surface area contributed by atoms with Gasteiger partial charge >= 0.3 is 11.9 Å². The van der Waals surface area contributed by atoms with Crippen LogP contribution in [0.1, 0.15) is 34.6 Å². The van der Waals surface area contributed by atoms with Crippen LogP contribution in [0.5, 0.6) is 0 Å². The number of hydrogen-bond acceptors (Lipinski definition) is 8. The summed E-state index contributed by atoms with van der Waals surface area (Å²) >= 11 is 0. The van der Waals surface area contributed by atoms with E-state index in [1.807, 2.05) is 13.1 Å². The Balaban J connectivity index is 3.15. The number of aliphatic hydroxyl groups is 1. The van der Waals surface area contributed by atoms with Gasteiger partial charge in [0.15, 0.2) is 26.8 Å². The molecule has 0 aromatic rings. The molecule has 0 radical (unpaired) electrons. The van der Waals surface area contributed by atoms with E-state index in [0.29, 0.717) is 0 Å². The van der Waals surface area contributed by atoms with Crippen molar-refractivity contribution in [1.29, 1.82) is 0 Å². The van der Waals surface area contributed by atoms with Crippen molar-refractivity contribution in [2.45, 2.75) is 83.4 Å². The number of nitrogens with zero attached hydrogens (tertiary/aromatic N) is 3. The summed E-state index contributed by atoms with van der Waals surface area (Å²) in [7, 11) is -2.16. The third kappa shape index (κ3) is 6.18. The van der Waals surface area contributed by atoms with Gasteiger partial charge in [0.1, 0.15) is 12.1 Å². The summed E-state index contributed by atoms with van der Waals surface area (Å²) in [6.45, 7) is 12.7. The Morgan fingerprint density at radius 1 is 1.19 bits per heavy atom. The van der Waals surface area contributed by atoms with E-state index in [9.17, 15) is 14.7 Å². The van der Waals surface area contributed by atoms with Gasteiger partial charge in [-0.3, -0.25) is 9.59 Å². The molecule has 27 heavy (non-hydrogen) atoms. The third-order valence-corrected chi connectivity index (χ3v) is 9.34. The second kappa shape index (κ2) is 9.02. The Hall–Kier alpha value is -1.65. The van der Waals surface area contributed by atoms with Crippen molar-refractivity contribution in [3.05, 3.63) is 10.4 Å². The average Bonchev–Trinajstić information content (AvgIpc) is 2.50. The number of aliphatic hydroxyl groups excluding tert-OH is 1. The highest BCUT2D eigenvalue weighted by Gasteiger charge is 2.50. The van der Waals surface area contributed by atoms with E-state index in [-0.39, 0.29) is 11.6 Å². The first-order chi connectivity index (χ1) is 12.3. The van der Waals surface area contributed by atoms with E-state index in [1.54, 1.807) is 0 Å². The van der Waals surface area contributed by atoms with Gasteiger partial charge in [0.05, 0.1) is 6.61 Å². The molecular formula is C16H29N3O7Si. The molecule has 1 aliphatic rings. The summed E-state index contributed by atoms with van der Waals surface area (Å²) in [4.78, 5) is 25.7. The van der Waals surface area contributed by atoms with Crippen molar-refractivity contribution in [1.82, 2.24) is 0 Å². The molecular weight excluding hydrogens is 374 g/mol. The topological polar surface area (TPSA) is 140 Å². The number of esters is 2. The summed E-state index contributed by atoms with van der Waals surface area (Å²) in [5.74, 6) is -1.30. The van der Waals surface area contributed by atoms with Crippen molar-refractivity contribution >= 4 is 20.3 Å². The van der Waals surface area contributed by atoms with Crippen LogP contribution in [-0.4, -0.2) is 62.6 Å². The minimum Gasteiger partial charge on any atom is -0.458 e. The highest BCUT2D eigenvalue weighted by atomic mass is 28.4. The molecule has 1 fully saturated rings. The fourth-order valence-electron chi connectivity index (χ4n) is 2.39. The average molecular weight is 404 g/mol. The zero-order valence-electron chi connectivity index (χ0n) is 16.8.